The van der Waals surface area contributed by atoms with E-state index in [9.17, 15) is 4.79 Å². The van der Waals surface area contributed by atoms with Crippen molar-refractivity contribution in [3.63, 3.8) is 0 Å². The van der Waals surface area contributed by atoms with E-state index in [0.717, 1.165) is 12.0 Å². The quantitative estimate of drug-likeness (QED) is 0.603. The highest BCUT2D eigenvalue weighted by Crippen LogP contribution is 2.42. The van der Waals surface area contributed by atoms with E-state index >= 15 is 0 Å². The average Bonchev–Trinajstić information content (AvgIpc) is 2.66. The predicted molar refractivity (Wildman–Crippen MR) is 115 cm³/mol. The molecule has 0 bridgehead atoms. The summed E-state index contributed by atoms with van der Waals surface area (Å²) in [6.45, 7) is 6.80. The molecular formula is C22H28N4O2. The maximum absolute atomic E-state index is 12.1. The van der Waals surface area contributed by atoms with E-state index in [0.29, 0.717) is 17.4 Å². The van der Waals surface area contributed by atoms with Gasteiger partial charge in [0.05, 0.1) is 19.0 Å². The minimum absolute atomic E-state index is 0.139. The Bertz CT molecular complexity index is 892. The van der Waals surface area contributed by atoms with E-state index < -0.39 is 6.03 Å². The molecule has 0 fully saturated rings. The molecule has 0 saturated heterocycles. The van der Waals surface area contributed by atoms with Gasteiger partial charge in [0.2, 0.25) is 0 Å². The number of amides is 2. The topological polar surface area (TPSA) is 66.0 Å². The third kappa shape index (κ3) is 4.11. The minimum Gasteiger partial charge on any atom is -0.495 e. The summed E-state index contributed by atoms with van der Waals surface area (Å²) >= 11 is 0. The molecule has 0 radical (unpaired) electrons. The summed E-state index contributed by atoms with van der Waals surface area (Å²) in [6, 6.07) is 13.1. The molecule has 148 valence electrons. The van der Waals surface area contributed by atoms with Crippen molar-refractivity contribution < 1.29 is 9.53 Å². The second-order valence-corrected chi connectivity index (χ2v) is 7.82. The Morgan fingerprint density at radius 1 is 1.29 bits per heavy atom. The summed E-state index contributed by atoms with van der Waals surface area (Å²) in [4.78, 5) is 14.4. The molecule has 1 atom stereocenters. The molecule has 28 heavy (non-hydrogen) atoms. The molecule has 2 aromatic rings. The monoisotopic (exact) mass is 380 g/mol. The largest absolute Gasteiger partial charge is 0.495 e. The van der Waals surface area contributed by atoms with Crippen LogP contribution < -0.4 is 20.4 Å². The zero-order chi connectivity index (χ0) is 20.3. The van der Waals surface area contributed by atoms with Crippen LogP contribution in [0.15, 0.2) is 47.6 Å². The second-order valence-electron chi connectivity index (χ2n) is 7.82. The van der Waals surface area contributed by atoms with Gasteiger partial charge in [-0.05, 0) is 61.6 Å². The van der Waals surface area contributed by atoms with Gasteiger partial charge in [-0.1, -0.05) is 25.1 Å². The molecule has 0 saturated carbocycles. The van der Waals surface area contributed by atoms with Gasteiger partial charge in [-0.15, -0.1) is 0 Å². The van der Waals surface area contributed by atoms with E-state index in [4.69, 9.17) is 4.74 Å². The van der Waals surface area contributed by atoms with E-state index in [-0.39, 0.29) is 5.54 Å². The van der Waals surface area contributed by atoms with E-state index in [2.05, 4.69) is 60.7 Å². The first-order valence-corrected chi connectivity index (χ1v) is 9.42. The minimum atomic E-state index is -0.423. The number of nitrogens with zero attached hydrogens (tertiary/aromatic N) is 2. The molecule has 1 aliphatic rings. The van der Waals surface area contributed by atoms with Crippen LogP contribution in [-0.4, -0.2) is 31.9 Å². The first-order valence-electron chi connectivity index (χ1n) is 9.42. The number of para-hydroxylation sites is 2. The van der Waals surface area contributed by atoms with Gasteiger partial charge in [0.15, 0.2) is 0 Å². The number of rotatable bonds is 4. The molecule has 6 heteroatoms. The number of fused-ring (bicyclic) bond motifs is 1. The fourth-order valence-electron chi connectivity index (χ4n) is 3.74. The lowest BCUT2D eigenvalue weighted by Gasteiger charge is -2.45. The number of hydrogen-bond acceptors (Lipinski definition) is 4. The Morgan fingerprint density at radius 2 is 2.04 bits per heavy atom. The van der Waals surface area contributed by atoms with Gasteiger partial charge >= 0.3 is 6.03 Å². The number of carbonyl (C=O) groups excluding carboxylic acids is 1. The van der Waals surface area contributed by atoms with Crippen LogP contribution in [0.2, 0.25) is 0 Å². The van der Waals surface area contributed by atoms with Crippen molar-refractivity contribution >= 4 is 23.6 Å². The Labute approximate surface area is 166 Å². The fourth-order valence-corrected chi connectivity index (χ4v) is 3.74. The zero-order valence-corrected chi connectivity index (χ0v) is 17.1. The van der Waals surface area contributed by atoms with Crippen LogP contribution in [0.25, 0.3) is 0 Å². The highest BCUT2D eigenvalue weighted by Gasteiger charge is 2.33. The summed E-state index contributed by atoms with van der Waals surface area (Å²) in [7, 11) is 3.70. The Hall–Kier alpha value is -3.02. The van der Waals surface area contributed by atoms with Gasteiger partial charge in [0.25, 0.3) is 0 Å². The molecule has 1 heterocycles. The van der Waals surface area contributed by atoms with Crippen LogP contribution in [0.1, 0.15) is 44.2 Å². The molecular weight excluding hydrogens is 352 g/mol. The van der Waals surface area contributed by atoms with Gasteiger partial charge in [-0.2, -0.15) is 5.10 Å². The number of hydrazone groups is 1. The van der Waals surface area contributed by atoms with Crippen LogP contribution in [0.3, 0.4) is 0 Å². The van der Waals surface area contributed by atoms with Crippen molar-refractivity contribution in [2.45, 2.75) is 38.6 Å². The summed E-state index contributed by atoms with van der Waals surface area (Å²) in [6.07, 6.45) is 2.76. The summed E-state index contributed by atoms with van der Waals surface area (Å²) in [5.74, 6) is 1.06. The number of nitrogens with one attached hydrogen (secondary N) is 2. The van der Waals surface area contributed by atoms with Crippen LogP contribution in [0.5, 0.6) is 5.75 Å². The molecule has 6 nitrogen and oxygen atoms in total. The van der Waals surface area contributed by atoms with Crippen molar-refractivity contribution in [3.8, 4) is 5.75 Å². The maximum atomic E-state index is 12.1. The van der Waals surface area contributed by atoms with Crippen LogP contribution >= 0.6 is 0 Å². The molecule has 3 rings (SSSR count). The van der Waals surface area contributed by atoms with Gasteiger partial charge in [-0.25, -0.2) is 10.2 Å². The third-order valence-corrected chi connectivity index (χ3v) is 5.39. The van der Waals surface area contributed by atoms with E-state index in [1.807, 2.05) is 18.2 Å². The van der Waals surface area contributed by atoms with Gasteiger partial charge in [0, 0.05) is 18.3 Å². The zero-order valence-electron chi connectivity index (χ0n) is 17.1. The number of urea groups is 1. The van der Waals surface area contributed by atoms with Gasteiger partial charge in [0.1, 0.15) is 5.75 Å². The Morgan fingerprint density at radius 3 is 2.79 bits per heavy atom. The van der Waals surface area contributed by atoms with Crippen molar-refractivity contribution in [2.75, 3.05) is 24.4 Å². The summed E-state index contributed by atoms with van der Waals surface area (Å²) in [5, 5.41) is 6.80. The SMILES string of the molecule is COc1ccccc1NC(=O)N/N=C\c1ccc2c(c1)C(C)CC(C)(C)N2C. The van der Waals surface area contributed by atoms with Crippen molar-refractivity contribution in [1.29, 1.82) is 0 Å². The molecule has 2 aromatic carbocycles. The Kier molecular flexibility index (Phi) is 5.58. The smallest absolute Gasteiger partial charge is 0.339 e. The van der Waals surface area contributed by atoms with Crippen LogP contribution in [0, 0.1) is 0 Å². The lowest BCUT2D eigenvalue weighted by Crippen LogP contribution is -2.45. The van der Waals surface area contributed by atoms with E-state index in [1.165, 1.54) is 11.3 Å². The fraction of sp³-hybridized carbons (Fsp3) is 0.364. The maximum Gasteiger partial charge on any atom is 0.339 e. The number of methoxy groups -OCH3 is 1. The van der Waals surface area contributed by atoms with E-state index in [1.54, 1.807) is 25.5 Å². The highest BCUT2D eigenvalue weighted by molar-refractivity contribution is 5.92. The molecule has 0 spiro atoms. The van der Waals surface area contributed by atoms with Crippen LogP contribution in [0.4, 0.5) is 16.2 Å². The first kappa shape index (κ1) is 19.7. The summed E-state index contributed by atoms with van der Waals surface area (Å²) < 4.78 is 5.22. The highest BCUT2D eigenvalue weighted by atomic mass is 16.5. The third-order valence-electron chi connectivity index (χ3n) is 5.39. The average molecular weight is 380 g/mol. The number of ether oxygens (including phenoxy) is 1. The molecule has 0 aromatic heterocycles. The lowest BCUT2D eigenvalue weighted by atomic mass is 9.80. The first-order chi connectivity index (χ1) is 13.3. The number of anilines is 2. The molecule has 0 aliphatic carbocycles. The number of carbonyl (C=O) groups is 1. The van der Waals surface area contributed by atoms with Crippen molar-refractivity contribution in [2.24, 2.45) is 5.10 Å². The van der Waals surface area contributed by atoms with Crippen molar-refractivity contribution in [1.82, 2.24) is 5.43 Å². The Balaban J connectivity index is 1.67. The number of hydrogen-bond donors (Lipinski definition) is 2. The normalized spacial score (nSPS) is 17.9. The standard InChI is InChI=1S/C22H28N4O2/c1-15-13-22(2,3)26(4)19-11-10-16(12-17(15)19)14-23-25-21(27)24-18-8-6-7-9-20(18)28-5/h6-12,14-15H,13H2,1-5H3,(H2,24,25,27)/b23-14-. The lowest BCUT2D eigenvalue weighted by molar-refractivity contribution is 0.252. The molecule has 1 aliphatic heterocycles. The molecule has 2 amide bonds. The predicted octanol–water partition coefficient (Wildman–Crippen LogP) is 4.57. The second kappa shape index (κ2) is 7.92. The van der Waals surface area contributed by atoms with Crippen molar-refractivity contribution in [3.05, 3.63) is 53.6 Å². The summed E-state index contributed by atoms with van der Waals surface area (Å²) in [5.41, 5.74) is 6.74. The number of benzene rings is 2. The molecule has 2 N–H and O–H groups in total. The van der Waals surface area contributed by atoms with Gasteiger partial charge < -0.3 is 15.0 Å². The van der Waals surface area contributed by atoms with Crippen LogP contribution in [-0.2, 0) is 0 Å². The van der Waals surface area contributed by atoms with Gasteiger partial charge in [-0.3, -0.25) is 0 Å². The molecule has 1 unspecified atom stereocenters.